The highest BCUT2D eigenvalue weighted by atomic mass is 32.1. The lowest BCUT2D eigenvalue weighted by atomic mass is 9.82. The van der Waals surface area contributed by atoms with Crippen molar-refractivity contribution in [2.75, 3.05) is 6.61 Å². The first-order valence-corrected chi connectivity index (χ1v) is 6.57. The van der Waals surface area contributed by atoms with Gasteiger partial charge in [-0.2, -0.15) is 0 Å². The van der Waals surface area contributed by atoms with E-state index in [1.54, 1.807) is 11.3 Å². The summed E-state index contributed by atoms with van der Waals surface area (Å²) in [6, 6.07) is 0. The molecule has 0 aromatic carbocycles. The molecule has 1 N–H and O–H groups in total. The second-order valence-corrected chi connectivity index (χ2v) is 5.59. The van der Waals surface area contributed by atoms with Crippen molar-refractivity contribution in [1.29, 1.82) is 0 Å². The van der Waals surface area contributed by atoms with Gasteiger partial charge in [0.05, 0.1) is 5.69 Å². The van der Waals surface area contributed by atoms with Gasteiger partial charge >= 0.3 is 0 Å². The van der Waals surface area contributed by atoms with Crippen LogP contribution in [0.3, 0.4) is 0 Å². The normalized spacial score (nSPS) is 15.4. The van der Waals surface area contributed by atoms with E-state index in [4.69, 9.17) is 0 Å². The van der Waals surface area contributed by atoms with Gasteiger partial charge in [-0.25, -0.2) is 4.98 Å². The lowest BCUT2D eigenvalue weighted by Gasteiger charge is -2.25. The van der Waals surface area contributed by atoms with E-state index in [1.807, 2.05) is 16.0 Å². The van der Waals surface area contributed by atoms with Crippen molar-refractivity contribution in [3.8, 4) is 0 Å². The number of hydrogen-bond acceptors (Lipinski definition) is 3. The molecule has 2 aromatic heterocycles. The van der Waals surface area contributed by atoms with Crippen LogP contribution in [0.4, 0.5) is 0 Å². The van der Waals surface area contributed by atoms with Crippen LogP contribution in [-0.2, 0) is 6.42 Å². The van der Waals surface area contributed by atoms with Crippen molar-refractivity contribution >= 4 is 16.3 Å². The highest BCUT2D eigenvalue weighted by Gasteiger charge is 2.24. The Morgan fingerprint density at radius 2 is 2.38 bits per heavy atom. The summed E-state index contributed by atoms with van der Waals surface area (Å²) >= 11 is 1.64. The van der Waals surface area contributed by atoms with Gasteiger partial charge < -0.3 is 5.11 Å². The highest BCUT2D eigenvalue weighted by Crippen LogP contribution is 2.27. The summed E-state index contributed by atoms with van der Waals surface area (Å²) in [6.07, 6.45) is 7.07. The molecule has 0 aliphatic rings. The van der Waals surface area contributed by atoms with Gasteiger partial charge in [-0.3, -0.25) is 4.40 Å². The van der Waals surface area contributed by atoms with Gasteiger partial charge in [-0.05, 0) is 18.3 Å². The van der Waals surface area contributed by atoms with Crippen molar-refractivity contribution in [1.82, 2.24) is 9.38 Å². The SMILES string of the molecule is CCCC(C)(CO)Cc1cn2ccsc2n1. The summed E-state index contributed by atoms with van der Waals surface area (Å²) in [4.78, 5) is 5.59. The molecule has 0 aliphatic heterocycles. The number of hydrogen-bond donors (Lipinski definition) is 1. The standard InChI is InChI=1S/C12H18N2OS/c1-3-4-12(2,9-15)7-10-8-14-5-6-16-11(14)13-10/h5-6,8,15H,3-4,7,9H2,1-2H3. The number of thiazole rings is 1. The summed E-state index contributed by atoms with van der Waals surface area (Å²) in [6.45, 7) is 4.51. The van der Waals surface area contributed by atoms with Crippen LogP contribution >= 0.6 is 11.3 Å². The van der Waals surface area contributed by atoms with E-state index in [1.165, 1.54) is 0 Å². The number of rotatable bonds is 5. The minimum Gasteiger partial charge on any atom is -0.396 e. The molecule has 0 amide bonds. The molecular weight excluding hydrogens is 220 g/mol. The van der Waals surface area contributed by atoms with Crippen LogP contribution in [0.5, 0.6) is 0 Å². The van der Waals surface area contributed by atoms with Crippen LogP contribution < -0.4 is 0 Å². The average Bonchev–Trinajstić information content (AvgIpc) is 2.78. The zero-order valence-corrected chi connectivity index (χ0v) is 10.6. The number of aliphatic hydroxyl groups is 1. The van der Waals surface area contributed by atoms with Crippen molar-refractivity contribution < 1.29 is 5.11 Å². The molecule has 0 saturated carbocycles. The molecule has 3 nitrogen and oxygen atoms in total. The molecule has 0 fully saturated rings. The quantitative estimate of drug-likeness (QED) is 0.869. The molecule has 2 aromatic rings. The van der Waals surface area contributed by atoms with Gasteiger partial charge in [0.25, 0.3) is 0 Å². The molecular formula is C12H18N2OS. The summed E-state index contributed by atoms with van der Waals surface area (Å²) in [7, 11) is 0. The maximum absolute atomic E-state index is 9.47. The summed E-state index contributed by atoms with van der Waals surface area (Å²) in [5, 5.41) is 11.5. The Labute approximate surface area is 99.8 Å². The minimum atomic E-state index is -0.0290. The molecule has 16 heavy (non-hydrogen) atoms. The molecule has 0 saturated heterocycles. The number of aromatic nitrogens is 2. The lowest BCUT2D eigenvalue weighted by molar-refractivity contribution is 0.130. The first kappa shape index (κ1) is 11.6. The fraction of sp³-hybridized carbons (Fsp3) is 0.583. The van der Waals surface area contributed by atoms with Crippen LogP contribution in [0.1, 0.15) is 32.4 Å². The Kier molecular flexibility index (Phi) is 3.30. The van der Waals surface area contributed by atoms with E-state index in [2.05, 4.69) is 25.0 Å². The average molecular weight is 238 g/mol. The van der Waals surface area contributed by atoms with Gasteiger partial charge in [0.1, 0.15) is 0 Å². The van der Waals surface area contributed by atoms with E-state index in [0.29, 0.717) is 0 Å². The molecule has 88 valence electrons. The van der Waals surface area contributed by atoms with E-state index in [0.717, 1.165) is 29.9 Å². The first-order valence-electron chi connectivity index (χ1n) is 5.69. The fourth-order valence-electron chi connectivity index (χ4n) is 2.13. The molecule has 2 heterocycles. The molecule has 0 radical (unpaired) electrons. The maximum atomic E-state index is 9.47. The predicted molar refractivity (Wildman–Crippen MR) is 66.9 cm³/mol. The number of aliphatic hydroxyl groups excluding tert-OH is 1. The Bertz CT molecular complexity index is 434. The van der Waals surface area contributed by atoms with Crippen molar-refractivity contribution in [3.63, 3.8) is 0 Å². The zero-order valence-electron chi connectivity index (χ0n) is 9.81. The number of imidazole rings is 1. The van der Waals surface area contributed by atoms with E-state index >= 15 is 0 Å². The molecule has 0 bridgehead atoms. The second-order valence-electron chi connectivity index (χ2n) is 4.72. The molecule has 1 unspecified atom stereocenters. The first-order chi connectivity index (χ1) is 7.67. The number of fused-ring (bicyclic) bond motifs is 1. The van der Waals surface area contributed by atoms with Crippen molar-refractivity contribution in [3.05, 3.63) is 23.5 Å². The van der Waals surface area contributed by atoms with Crippen LogP contribution in [0.2, 0.25) is 0 Å². The minimum absolute atomic E-state index is 0.0290. The van der Waals surface area contributed by atoms with Crippen LogP contribution in [0.15, 0.2) is 17.8 Å². The molecule has 0 aliphatic carbocycles. The van der Waals surface area contributed by atoms with Gasteiger partial charge in [0.2, 0.25) is 0 Å². The fourth-order valence-corrected chi connectivity index (χ4v) is 2.84. The third-order valence-corrected chi connectivity index (χ3v) is 3.76. The van der Waals surface area contributed by atoms with Gasteiger partial charge in [-0.15, -0.1) is 11.3 Å². The smallest absolute Gasteiger partial charge is 0.193 e. The third kappa shape index (κ3) is 2.28. The molecule has 1 atom stereocenters. The van der Waals surface area contributed by atoms with Crippen LogP contribution in [0.25, 0.3) is 4.96 Å². The van der Waals surface area contributed by atoms with E-state index in [-0.39, 0.29) is 12.0 Å². The Hall–Kier alpha value is -0.870. The van der Waals surface area contributed by atoms with Gasteiger partial charge in [0, 0.05) is 24.4 Å². The largest absolute Gasteiger partial charge is 0.396 e. The van der Waals surface area contributed by atoms with Crippen LogP contribution in [-0.4, -0.2) is 21.1 Å². The van der Waals surface area contributed by atoms with Gasteiger partial charge in [-0.1, -0.05) is 20.3 Å². The lowest BCUT2D eigenvalue weighted by Crippen LogP contribution is -2.24. The van der Waals surface area contributed by atoms with E-state index in [9.17, 15) is 5.11 Å². The topological polar surface area (TPSA) is 37.5 Å². The molecule has 0 spiro atoms. The maximum Gasteiger partial charge on any atom is 0.193 e. The van der Waals surface area contributed by atoms with Crippen molar-refractivity contribution in [2.45, 2.75) is 33.1 Å². The summed E-state index contributed by atoms with van der Waals surface area (Å²) in [5.74, 6) is 0. The Morgan fingerprint density at radius 3 is 3.00 bits per heavy atom. The van der Waals surface area contributed by atoms with Gasteiger partial charge in [0.15, 0.2) is 4.96 Å². The molecule has 2 rings (SSSR count). The monoisotopic (exact) mass is 238 g/mol. The van der Waals surface area contributed by atoms with Crippen molar-refractivity contribution in [2.24, 2.45) is 5.41 Å². The number of nitrogens with zero attached hydrogens (tertiary/aromatic N) is 2. The predicted octanol–water partition coefficient (Wildman–Crippen LogP) is 2.74. The highest BCUT2D eigenvalue weighted by molar-refractivity contribution is 7.15. The van der Waals surface area contributed by atoms with Crippen LogP contribution in [0, 0.1) is 5.41 Å². The third-order valence-electron chi connectivity index (χ3n) is 2.99. The van der Waals surface area contributed by atoms with E-state index < -0.39 is 0 Å². The second kappa shape index (κ2) is 4.55. The Balaban J connectivity index is 2.16. The zero-order chi connectivity index (χ0) is 11.6. The molecule has 4 heteroatoms. The summed E-state index contributed by atoms with van der Waals surface area (Å²) < 4.78 is 2.05. The Morgan fingerprint density at radius 1 is 1.56 bits per heavy atom. The summed E-state index contributed by atoms with van der Waals surface area (Å²) in [5.41, 5.74) is 1.05.